The van der Waals surface area contributed by atoms with Crippen molar-refractivity contribution in [3.63, 3.8) is 0 Å². The zero-order valence-corrected chi connectivity index (χ0v) is 9.35. The van der Waals surface area contributed by atoms with Gasteiger partial charge < -0.3 is 5.11 Å². The van der Waals surface area contributed by atoms with Gasteiger partial charge in [-0.25, -0.2) is 0 Å². The SMILES string of the molecule is C=CCC(O)c1ccc(Cl)cc1Br. The molecule has 13 heavy (non-hydrogen) atoms. The second-order valence-corrected chi connectivity index (χ2v) is 4.00. The van der Waals surface area contributed by atoms with E-state index in [1.165, 1.54) is 0 Å². The maximum Gasteiger partial charge on any atom is 0.0835 e. The highest BCUT2D eigenvalue weighted by atomic mass is 79.9. The number of aliphatic hydroxyl groups is 1. The van der Waals surface area contributed by atoms with Crippen LogP contribution in [0.15, 0.2) is 35.3 Å². The third kappa shape index (κ3) is 2.83. The van der Waals surface area contributed by atoms with Crippen LogP contribution in [0.25, 0.3) is 0 Å². The van der Waals surface area contributed by atoms with Crippen LogP contribution >= 0.6 is 27.5 Å². The Kier molecular flexibility index (Phi) is 3.97. The normalized spacial score (nSPS) is 12.5. The molecule has 0 saturated heterocycles. The molecule has 0 radical (unpaired) electrons. The Balaban J connectivity index is 2.94. The van der Waals surface area contributed by atoms with Crippen LogP contribution in [0.4, 0.5) is 0 Å². The van der Waals surface area contributed by atoms with E-state index in [1.807, 2.05) is 0 Å². The summed E-state index contributed by atoms with van der Waals surface area (Å²) >= 11 is 9.11. The molecular formula is C10H10BrClO. The van der Waals surface area contributed by atoms with Crippen LogP contribution < -0.4 is 0 Å². The standard InChI is InChI=1S/C10H10BrClO/c1-2-3-10(13)8-5-4-7(12)6-9(8)11/h2,4-6,10,13H,1,3H2. The van der Waals surface area contributed by atoms with Gasteiger partial charge in [0.15, 0.2) is 0 Å². The lowest BCUT2D eigenvalue weighted by atomic mass is 10.1. The molecule has 0 aliphatic carbocycles. The fourth-order valence-corrected chi connectivity index (χ4v) is 2.00. The quantitative estimate of drug-likeness (QED) is 0.822. The molecule has 1 N–H and O–H groups in total. The largest absolute Gasteiger partial charge is 0.388 e. The van der Waals surface area contributed by atoms with Crippen molar-refractivity contribution >= 4 is 27.5 Å². The van der Waals surface area contributed by atoms with Gasteiger partial charge >= 0.3 is 0 Å². The number of halogens is 2. The molecule has 0 aliphatic rings. The zero-order valence-electron chi connectivity index (χ0n) is 7.00. The van der Waals surface area contributed by atoms with E-state index < -0.39 is 6.10 Å². The molecule has 0 saturated carbocycles. The van der Waals surface area contributed by atoms with Crippen molar-refractivity contribution in [1.29, 1.82) is 0 Å². The van der Waals surface area contributed by atoms with Gasteiger partial charge in [-0.1, -0.05) is 39.7 Å². The lowest BCUT2D eigenvalue weighted by molar-refractivity contribution is 0.181. The molecule has 0 aromatic heterocycles. The summed E-state index contributed by atoms with van der Waals surface area (Å²) in [6.07, 6.45) is 1.72. The summed E-state index contributed by atoms with van der Waals surface area (Å²) < 4.78 is 0.828. The van der Waals surface area contributed by atoms with Crippen LogP contribution in [0.1, 0.15) is 18.1 Å². The van der Waals surface area contributed by atoms with Gasteiger partial charge in [0.25, 0.3) is 0 Å². The summed E-state index contributed by atoms with van der Waals surface area (Å²) in [5.41, 5.74) is 0.837. The molecule has 3 heteroatoms. The average Bonchev–Trinajstić information content (AvgIpc) is 2.04. The topological polar surface area (TPSA) is 20.2 Å². The number of benzene rings is 1. The molecule has 0 fully saturated rings. The van der Waals surface area contributed by atoms with Crippen molar-refractivity contribution in [2.45, 2.75) is 12.5 Å². The summed E-state index contributed by atoms with van der Waals surface area (Å²) in [5, 5.41) is 10.3. The number of hydrogen-bond donors (Lipinski definition) is 1. The summed E-state index contributed by atoms with van der Waals surface area (Å²) in [4.78, 5) is 0. The van der Waals surface area contributed by atoms with Crippen LogP contribution in [-0.2, 0) is 0 Å². The van der Waals surface area contributed by atoms with Gasteiger partial charge in [-0.15, -0.1) is 6.58 Å². The molecule has 0 amide bonds. The van der Waals surface area contributed by atoms with E-state index in [1.54, 1.807) is 24.3 Å². The van der Waals surface area contributed by atoms with Crippen molar-refractivity contribution < 1.29 is 5.11 Å². The van der Waals surface area contributed by atoms with E-state index in [0.717, 1.165) is 10.0 Å². The van der Waals surface area contributed by atoms with Gasteiger partial charge in [-0.05, 0) is 24.1 Å². The van der Waals surface area contributed by atoms with Gasteiger partial charge in [0.05, 0.1) is 6.10 Å². The first-order valence-electron chi connectivity index (χ1n) is 3.89. The van der Waals surface area contributed by atoms with Gasteiger partial charge in [0.2, 0.25) is 0 Å². The number of aliphatic hydroxyl groups excluding tert-OH is 1. The Bertz CT molecular complexity index is 312. The lowest BCUT2D eigenvalue weighted by Crippen LogP contribution is -1.96. The second kappa shape index (κ2) is 4.80. The van der Waals surface area contributed by atoms with Gasteiger partial charge in [0.1, 0.15) is 0 Å². The first-order valence-corrected chi connectivity index (χ1v) is 5.06. The van der Waals surface area contributed by atoms with Crippen LogP contribution in [0, 0.1) is 0 Å². The van der Waals surface area contributed by atoms with Gasteiger partial charge in [-0.2, -0.15) is 0 Å². The van der Waals surface area contributed by atoms with Crippen LogP contribution in [0.5, 0.6) is 0 Å². The minimum atomic E-state index is -0.510. The summed E-state index contributed by atoms with van der Waals surface area (Å²) in [6, 6.07) is 5.33. The van der Waals surface area contributed by atoms with E-state index in [0.29, 0.717) is 11.4 Å². The molecule has 70 valence electrons. The number of hydrogen-bond acceptors (Lipinski definition) is 1. The minimum Gasteiger partial charge on any atom is -0.388 e. The Labute approximate surface area is 91.2 Å². The Morgan fingerprint density at radius 2 is 2.31 bits per heavy atom. The molecule has 1 aromatic rings. The van der Waals surface area contributed by atoms with E-state index in [9.17, 15) is 5.11 Å². The van der Waals surface area contributed by atoms with E-state index in [2.05, 4.69) is 22.5 Å². The van der Waals surface area contributed by atoms with Crippen LogP contribution in [0.3, 0.4) is 0 Å². The first kappa shape index (κ1) is 10.8. The van der Waals surface area contributed by atoms with Gasteiger partial charge in [0, 0.05) is 9.50 Å². The Morgan fingerprint density at radius 1 is 1.62 bits per heavy atom. The van der Waals surface area contributed by atoms with Gasteiger partial charge in [-0.3, -0.25) is 0 Å². The number of rotatable bonds is 3. The molecule has 0 heterocycles. The molecule has 0 spiro atoms. The van der Waals surface area contributed by atoms with Crippen LogP contribution in [0.2, 0.25) is 5.02 Å². The third-order valence-electron chi connectivity index (χ3n) is 1.71. The monoisotopic (exact) mass is 260 g/mol. The highest BCUT2D eigenvalue weighted by molar-refractivity contribution is 9.10. The summed E-state index contributed by atoms with van der Waals surface area (Å²) in [5.74, 6) is 0. The van der Waals surface area contributed by atoms with Crippen molar-refractivity contribution in [3.05, 3.63) is 45.9 Å². The first-order chi connectivity index (χ1) is 6.15. The van der Waals surface area contributed by atoms with Crippen LogP contribution in [-0.4, -0.2) is 5.11 Å². The summed E-state index contributed by atoms with van der Waals surface area (Å²) in [6.45, 7) is 3.57. The third-order valence-corrected chi connectivity index (χ3v) is 2.63. The minimum absolute atomic E-state index is 0.510. The molecule has 1 rings (SSSR count). The van der Waals surface area contributed by atoms with E-state index >= 15 is 0 Å². The smallest absolute Gasteiger partial charge is 0.0835 e. The molecule has 1 unspecified atom stereocenters. The lowest BCUT2D eigenvalue weighted by Gasteiger charge is -2.10. The van der Waals surface area contributed by atoms with Crippen molar-refractivity contribution in [2.24, 2.45) is 0 Å². The van der Waals surface area contributed by atoms with Crippen molar-refractivity contribution in [1.82, 2.24) is 0 Å². The maximum absolute atomic E-state index is 9.65. The molecule has 0 aliphatic heterocycles. The zero-order chi connectivity index (χ0) is 9.84. The Hall–Kier alpha value is -0.310. The van der Waals surface area contributed by atoms with Crippen molar-refractivity contribution in [2.75, 3.05) is 0 Å². The molecule has 1 atom stereocenters. The fourth-order valence-electron chi connectivity index (χ4n) is 1.06. The maximum atomic E-state index is 9.65. The predicted octanol–water partition coefficient (Wildman–Crippen LogP) is 3.71. The van der Waals surface area contributed by atoms with E-state index in [4.69, 9.17) is 11.6 Å². The average molecular weight is 262 g/mol. The molecular weight excluding hydrogens is 251 g/mol. The molecule has 1 aromatic carbocycles. The van der Waals surface area contributed by atoms with E-state index in [-0.39, 0.29) is 0 Å². The highest BCUT2D eigenvalue weighted by Gasteiger charge is 2.09. The highest BCUT2D eigenvalue weighted by Crippen LogP contribution is 2.28. The second-order valence-electron chi connectivity index (χ2n) is 2.71. The van der Waals surface area contributed by atoms with Crippen molar-refractivity contribution in [3.8, 4) is 0 Å². The Morgan fingerprint density at radius 3 is 2.85 bits per heavy atom. The molecule has 1 nitrogen and oxygen atoms in total. The fraction of sp³-hybridized carbons (Fsp3) is 0.200. The predicted molar refractivity (Wildman–Crippen MR) is 58.9 cm³/mol. The molecule has 0 bridgehead atoms. The summed E-state index contributed by atoms with van der Waals surface area (Å²) in [7, 11) is 0.